The average Bonchev–Trinajstić information content (AvgIpc) is 2.54. The van der Waals surface area contributed by atoms with E-state index in [0.717, 1.165) is 6.42 Å². The SMILES string of the molecule is CC(C)(C)OC(=O)N[C@@H](CBr)Cc1ccc(-c2ccccc2)cc1. The molecule has 2 aromatic carbocycles. The summed E-state index contributed by atoms with van der Waals surface area (Å²) < 4.78 is 5.31. The van der Waals surface area contributed by atoms with Crippen LogP contribution in [0.1, 0.15) is 26.3 Å². The van der Waals surface area contributed by atoms with Crippen LogP contribution in [0.2, 0.25) is 0 Å². The van der Waals surface area contributed by atoms with Crippen molar-refractivity contribution in [2.24, 2.45) is 0 Å². The maximum absolute atomic E-state index is 11.9. The summed E-state index contributed by atoms with van der Waals surface area (Å²) in [5.74, 6) is 0. The van der Waals surface area contributed by atoms with Crippen LogP contribution >= 0.6 is 15.9 Å². The highest BCUT2D eigenvalue weighted by atomic mass is 79.9. The minimum atomic E-state index is -0.488. The van der Waals surface area contributed by atoms with Gasteiger partial charge in [-0.1, -0.05) is 70.5 Å². The van der Waals surface area contributed by atoms with E-state index in [4.69, 9.17) is 4.74 Å². The molecule has 128 valence electrons. The van der Waals surface area contributed by atoms with Crippen LogP contribution in [0.3, 0.4) is 0 Å². The Balaban J connectivity index is 1.97. The van der Waals surface area contributed by atoms with Gasteiger partial charge in [-0.05, 0) is 43.9 Å². The van der Waals surface area contributed by atoms with Crippen LogP contribution in [0.15, 0.2) is 54.6 Å². The minimum absolute atomic E-state index is 0.0116. The van der Waals surface area contributed by atoms with Crippen LogP contribution in [0.4, 0.5) is 4.79 Å². The number of nitrogens with one attached hydrogen (secondary N) is 1. The first kappa shape index (κ1) is 18.5. The van der Waals surface area contributed by atoms with Crippen LogP contribution in [0.25, 0.3) is 11.1 Å². The molecule has 0 saturated carbocycles. The lowest BCUT2D eigenvalue weighted by molar-refractivity contribution is 0.0510. The Morgan fingerprint density at radius 3 is 2.17 bits per heavy atom. The summed E-state index contributed by atoms with van der Waals surface area (Å²) in [5, 5.41) is 3.58. The predicted octanol–water partition coefficient (Wildman–Crippen LogP) is 5.18. The number of benzene rings is 2. The van der Waals surface area contributed by atoms with E-state index in [1.807, 2.05) is 39.0 Å². The van der Waals surface area contributed by atoms with E-state index < -0.39 is 5.60 Å². The molecule has 2 aromatic rings. The van der Waals surface area contributed by atoms with Crippen molar-refractivity contribution < 1.29 is 9.53 Å². The van der Waals surface area contributed by atoms with Crippen molar-refractivity contribution in [1.29, 1.82) is 0 Å². The van der Waals surface area contributed by atoms with Gasteiger partial charge in [0, 0.05) is 11.4 Å². The third-order valence-electron chi connectivity index (χ3n) is 3.45. The van der Waals surface area contributed by atoms with Crippen LogP contribution in [0.5, 0.6) is 0 Å². The molecule has 0 fully saturated rings. The topological polar surface area (TPSA) is 38.3 Å². The molecule has 0 unspecified atom stereocenters. The van der Waals surface area contributed by atoms with Gasteiger partial charge in [-0.25, -0.2) is 4.79 Å². The maximum Gasteiger partial charge on any atom is 0.407 e. The first-order chi connectivity index (χ1) is 11.4. The molecule has 0 spiro atoms. The highest BCUT2D eigenvalue weighted by molar-refractivity contribution is 9.09. The van der Waals surface area contributed by atoms with E-state index >= 15 is 0 Å². The second-order valence-corrected chi connectivity index (χ2v) is 7.41. The Hall–Kier alpha value is -1.81. The van der Waals surface area contributed by atoms with Crippen LogP contribution in [-0.4, -0.2) is 23.1 Å². The molecule has 3 nitrogen and oxygen atoms in total. The summed E-state index contributed by atoms with van der Waals surface area (Å²) in [6.07, 6.45) is 0.368. The monoisotopic (exact) mass is 389 g/mol. The lowest BCUT2D eigenvalue weighted by atomic mass is 10.0. The third kappa shape index (κ3) is 6.00. The zero-order chi connectivity index (χ0) is 17.6. The quantitative estimate of drug-likeness (QED) is 0.714. The number of hydrogen-bond acceptors (Lipinski definition) is 2. The second kappa shape index (κ2) is 8.34. The van der Waals surface area contributed by atoms with Crippen molar-refractivity contribution in [1.82, 2.24) is 5.32 Å². The number of rotatable bonds is 5. The summed E-state index contributed by atoms with van der Waals surface area (Å²) in [6.45, 7) is 5.58. The molecule has 1 atom stereocenters. The maximum atomic E-state index is 11.9. The van der Waals surface area contributed by atoms with Gasteiger partial charge in [-0.2, -0.15) is 0 Å². The molecule has 0 aromatic heterocycles. The van der Waals surface area contributed by atoms with E-state index in [-0.39, 0.29) is 12.1 Å². The van der Waals surface area contributed by atoms with Gasteiger partial charge < -0.3 is 10.1 Å². The van der Waals surface area contributed by atoms with Crippen molar-refractivity contribution in [2.75, 3.05) is 5.33 Å². The van der Waals surface area contributed by atoms with Crippen molar-refractivity contribution >= 4 is 22.0 Å². The Morgan fingerprint density at radius 1 is 1.04 bits per heavy atom. The highest BCUT2D eigenvalue weighted by Gasteiger charge is 2.19. The van der Waals surface area contributed by atoms with Crippen LogP contribution < -0.4 is 5.32 Å². The summed E-state index contributed by atoms with van der Waals surface area (Å²) in [5.41, 5.74) is 3.08. The molecule has 1 amide bonds. The number of alkyl carbamates (subject to hydrolysis) is 1. The Labute approximate surface area is 152 Å². The molecule has 24 heavy (non-hydrogen) atoms. The Morgan fingerprint density at radius 2 is 1.62 bits per heavy atom. The zero-order valence-electron chi connectivity index (χ0n) is 14.4. The molecule has 0 saturated heterocycles. The third-order valence-corrected chi connectivity index (χ3v) is 4.23. The molecular weight excluding hydrogens is 366 g/mol. The van der Waals surface area contributed by atoms with Crippen molar-refractivity contribution in [2.45, 2.75) is 38.8 Å². The van der Waals surface area contributed by atoms with Gasteiger partial charge in [0.15, 0.2) is 0 Å². The standard InChI is InChI=1S/C20H24BrNO2/c1-20(2,3)24-19(23)22-18(14-21)13-15-9-11-17(12-10-15)16-7-5-4-6-8-16/h4-12,18H,13-14H2,1-3H3,(H,22,23)/t18-/m1/s1. The van der Waals surface area contributed by atoms with E-state index in [1.165, 1.54) is 16.7 Å². The molecule has 0 aliphatic rings. The largest absolute Gasteiger partial charge is 0.444 e. The van der Waals surface area contributed by atoms with E-state index in [1.54, 1.807) is 0 Å². The van der Waals surface area contributed by atoms with Gasteiger partial charge in [0.2, 0.25) is 0 Å². The van der Waals surface area contributed by atoms with Gasteiger partial charge in [-0.15, -0.1) is 0 Å². The zero-order valence-corrected chi connectivity index (χ0v) is 16.0. The fourth-order valence-corrected chi connectivity index (χ4v) is 2.76. The highest BCUT2D eigenvalue weighted by Crippen LogP contribution is 2.20. The van der Waals surface area contributed by atoms with Crippen LogP contribution in [-0.2, 0) is 11.2 Å². The van der Waals surface area contributed by atoms with Crippen molar-refractivity contribution in [3.8, 4) is 11.1 Å². The van der Waals surface area contributed by atoms with Gasteiger partial charge in [-0.3, -0.25) is 0 Å². The van der Waals surface area contributed by atoms with Gasteiger partial charge in [0.05, 0.1) is 0 Å². The fraction of sp³-hybridized carbons (Fsp3) is 0.350. The second-order valence-electron chi connectivity index (χ2n) is 6.76. The summed E-state index contributed by atoms with van der Waals surface area (Å²) in [4.78, 5) is 11.9. The smallest absolute Gasteiger partial charge is 0.407 e. The predicted molar refractivity (Wildman–Crippen MR) is 103 cm³/mol. The Bertz CT molecular complexity index is 648. The van der Waals surface area contributed by atoms with E-state index in [9.17, 15) is 4.79 Å². The average molecular weight is 390 g/mol. The number of halogens is 1. The first-order valence-electron chi connectivity index (χ1n) is 8.07. The number of carbonyl (C=O) groups excluding carboxylic acids is 1. The molecule has 0 radical (unpaired) electrons. The molecule has 4 heteroatoms. The number of ether oxygens (including phenoxy) is 1. The molecule has 2 rings (SSSR count). The van der Waals surface area contributed by atoms with Gasteiger partial charge in [0.1, 0.15) is 5.60 Å². The van der Waals surface area contributed by atoms with Gasteiger partial charge >= 0.3 is 6.09 Å². The fourth-order valence-electron chi connectivity index (χ4n) is 2.37. The van der Waals surface area contributed by atoms with Crippen molar-refractivity contribution in [3.05, 3.63) is 60.2 Å². The van der Waals surface area contributed by atoms with Crippen molar-refractivity contribution in [3.63, 3.8) is 0 Å². The summed E-state index contributed by atoms with van der Waals surface area (Å²) in [7, 11) is 0. The lowest BCUT2D eigenvalue weighted by Crippen LogP contribution is -2.41. The minimum Gasteiger partial charge on any atom is -0.444 e. The molecular formula is C20H24BrNO2. The number of amides is 1. The Kier molecular flexibility index (Phi) is 6.44. The molecule has 0 bridgehead atoms. The molecule has 0 aliphatic heterocycles. The first-order valence-corrected chi connectivity index (χ1v) is 9.19. The summed E-state index contributed by atoms with van der Waals surface area (Å²) >= 11 is 3.46. The lowest BCUT2D eigenvalue weighted by Gasteiger charge is -2.23. The normalized spacial score (nSPS) is 12.5. The number of carbonyl (C=O) groups is 1. The number of alkyl halides is 1. The van der Waals surface area contributed by atoms with Gasteiger partial charge in [0.25, 0.3) is 0 Å². The summed E-state index contributed by atoms with van der Waals surface area (Å²) in [6, 6.07) is 18.7. The van der Waals surface area contributed by atoms with Crippen LogP contribution in [0, 0.1) is 0 Å². The number of hydrogen-bond donors (Lipinski definition) is 1. The van der Waals surface area contributed by atoms with E-state index in [2.05, 4.69) is 57.6 Å². The molecule has 1 N–H and O–H groups in total. The molecule has 0 heterocycles. The van der Waals surface area contributed by atoms with E-state index in [0.29, 0.717) is 5.33 Å². The molecule has 0 aliphatic carbocycles.